The van der Waals surface area contributed by atoms with Gasteiger partial charge in [-0.1, -0.05) is 30.4 Å². The van der Waals surface area contributed by atoms with Crippen molar-refractivity contribution in [2.24, 2.45) is 0 Å². The van der Waals surface area contributed by atoms with Gasteiger partial charge >= 0.3 is 0 Å². The van der Waals surface area contributed by atoms with E-state index >= 15 is 0 Å². The van der Waals surface area contributed by atoms with Crippen LogP contribution in [0.3, 0.4) is 0 Å². The van der Waals surface area contributed by atoms with Crippen molar-refractivity contribution in [3.05, 3.63) is 64.7 Å². The molecule has 0 aromatic heterocycles. The van der Waals surface area contributed by atoms with Crippen LogP contribution >= 0.6 is 11.6 Å². The molecule has 3 heteroatoms. The average Bonchev–Trinajstić information content (AvgIpc) is 2.52. The molecule has 21 heavy (non-hydrogen) atoms. The first-order valence-electron chi connectivity index (χ1n) is 6.86. The summed E-state index contributed by atoms with van der Waals surface area (Å²) in [6.45, 7) is 3.06. The lowest BCUT2D eigenvalue weighted by Gasteiger charge is -2.05. The normalized spacial score (nSPS) is 9.81. The lowest BCUT2D eigenvalue weighted by atomic mass is 10.2. The summed E-state index contributed by atoms with van der Waals surface area (Å²) in [5.41, 5.74) is 1.87. The maximum atomic E-state index is 5.84. The van der Waals surface area contributed by atoms with Crippen molar-refractivity contribution in [2.75, 3.05) is 13.4 Å². The highest BCUT2D eigenvalue weighted by Crippen LogP contribution is 2.12. The van der Waals surface area contributed by atoms with Gasteiger partial charge in [0.1, 0.15) is 5.75 Å². The van der Waals surface area contributed by atoms with Crippen LogP contribution in [0.4, 0.5) is 0 Å². The molecule has 108 valence electrons. The van der Waals surface area contributed by atoms with Crippen LogP contribution in [-0.2, 0) is 4.74 Å². The highest BCUT2D eigenvalue weighted by Gasteiger charge is 1.94. The second-order valence-electron chi connectivity index (χ2n) is 4.45. The number of ether oxygens (including phenoxy) is 2. The monoisotopic (exact) mass is 300 g/mol. The molecule has 0 fully saturated rings. The predicted molar refractivity (Wildman–Crippen MR) is 85.6 cm³/mol. The summed E-state index contributed by atoms with van der Waals surface area (Å²) in [6, 6.07) is 15.1. The summed E-state index contributed by atoms with van der Waals surface area (Å²) < 4.78 is 10.7. The number of hydrogen-bond donors (Lipinski definition) is 0. The molecule has 2 aromatic carbocycles. The van der Waals surface area contributed by atoms with E-state index in [-0.39, 0.29) is 6.79 Å². The molecule has 0 saturated heterocycles. The fourth-order valence-electron chi connectivity index (χ4n) is 1.63. The Kier molecular flexibility index (Phi) is 6.15. The van der Waals surface area contributed by atoms with Crippen molar-refractivity contribution in [1.82, 2.24) is 0 Å². The third-order valence-corrected chi connectivity index (χ3v) is 2.96. The second-order valence-corrected chi connectivity index (χ2v) is 4.89. The lowest BCUT2D eigenvalue weighted by Crippen LogP contribution is -2.03. The van der Waals surface area contributed by atoms with E-state index in [0.717, 1.165) is 23.3 Å². The average molecular weight is 301 g/mol. The van der Waals surface area contributed by atoms with Gasteiger partial charge in [0, 0.05) is 16.1 Å². The highest BCUT2D eigenvalue weighted by molar-refractivity contribution is 6.30. The number of hydrogen-bond acceptors (Lipinski definition) is 2. The third kappa shape index (κ3) is 5.51. The number of rotatable bonds is 5. The van der Waals surface area contributed by atoms with Crippen molar-refractivity contribution in [3.63, 3.8) is 0 Å². The van der Waals surface area contributed by atoms with Crippen molar-refractivity contribution in [1.29, 1.82) is 0 Å². The molecule has 0 aliphatic heterocycles. The predicted octanol–water partition coefficient (Wildman–Crippen LogP) is 4.50. The first-order valence-corrected chi connectivity index (χ1v) is 7.24. The summed E-state index contributed by atoms with van der Waals surface area (Å²) in [7, 11) is 0. The molecule has 0 amide bonds. The Balaban J connectivity index is 1.92. The van der Waals surface area contributed by atoms with Gasteiger partial charge in [-0.05, 0) is 55.0 Å². The molecule has 0 spiro atoms. The van der Waals surface area contributed by atoms with Crippen LogP contribution in [-0.4, -0.2) is 13.4 Å². The Bertz CT molecular complexity index is 606. The highest BCUT2D eigenvalue weighted by atomic mass is 35.5. The van der Waals surface area contributed by atoms with Gasteiger partial charge in [0.2, 0.25) is 0 Å². The van der Waals surface area contributed by atoms with Gasteiger partial charge in [0.05, 0.1) is 6.61 Å². The van der Waals surface area contributed by atoms with E-state index in [1.807, 2.05) is 48.5 Å². The van der Waals surface area contributed by atoms with Gasteiger partial charge in [0.25, 0.3) is 0 Å². The number of benzene rings is 2. The van der Waals surface area contributed by atoms with E-state index in [4.69, 9.17) is 21.1 Å². The zero-order valence-electron chi connectivity index (χ0n) is 11.9. The molecule has 2 aromatic rings. The standard InChI is InChI=1S/C18H17ClO2/c1-2-13-20-14-21-18-11-7-16(8-12-18)4-3-15-5-9-17(19)10-6-15/h5-12H,2,13-14H2,1H3. The molecule has 0 saturated carbocycles. The molecule has 0 aliphatic carbocycles. The van der Waals surface area contributed by atoms with Crippen molar-refractivity contribution >= 4 is 11.6 Å². The van der Waals surface area contributed by atoms with Gasteiger partial charge in [-0.15, -0.1) is 0 Å². The molecule has 0 unspecified atom stereocenters. The van der Waals surface area contributed by atoms with E-state index in [1.165, 1.54) is 0 Å². The minimum Gasteiger partial charge on any atom is -0.468 e. The smallest absolute Gasteiger partial charge is 0.189 e. The Morgan fingerprint density at radius 3 is 2.05 bits per heavy atom. The van der Waals surface area contributed by atoms with Gasteiger partial charge in [-0.2, -0.15) is 0 Å². The zero-order chi connectivity index (χ0) is 14.9. The summed E-state index contributed by atoms with van der Waals surface area (Å²) in [5.74, 6) is 6.98. The molecule has 0 N–H and O–H groups in total. The summed E-state index contributed by atoms with van der Waals surface area (Å²) in [6.07, 6.45) is 0.989. The molecular formula is C18H17ClO2. The molecule has 0 bridgehead atoms. The van der Waals surface area contributed by atoms with Crippen molar-refractivity contribution in [3.8, 4) is 17.6 Å². The minimum atomic E-state index is 0.281. The van der Waals surface area contributed by atoms with Gasteiger partial charge in [-0.3, -0.25) is 0 Å². The first kappa shape index (κ1) is 15.4. The van der Waals surface area contributed by atoms with E-state index < -0.39 is 0 Å². The zero-order valence-corrected chi connectivity index (χ0v) is 12.7. The number of halogens is 1. The van der Waals surface area contributed by atoms with Crippen molar-refractivity contribution < 1.29 is 9.47 Å². The van der Waals surface area contributed by atoms with Crippen molar-refractivity contribution in [2.45, 2.75) is 13.3 Å². The van der Waals surface area contributed by atoms with Gasteiger partial charge in [0.15, 0.2) is 6.79 Å². The van der Waals surface area contributed by atoms with Crippen LogP contribution in [0.25, 0.3) is 0 Å². The molecule has 2 nitrogen and oxygen atoms in total. The Labute approximate surface area is 130 Å². The maximum Gasteiger partial charge on any atom is 0.189 e. The fraction of sp³-hybridized carbons (Fsp3) is 0.222. The van der Waals surface area contributed by atoms with Gasteiger partial charge in [-0.25, -0.2) is 0 Å². The Morgan fingerprint density at radius 1 is 0.905 bits per heavy atom. The summed E-state index contributed by atoms with van der Waals surface area (Å²) in [4.78, 5) is 0. The first-order chi connectivity index (χ1) is 10.3. The fourth-order valence-corrected chi connectivity index (χ4v) is 1.75. The van der Waals surface area contributed by atoms with Crippen LogP contribution in [0.2, 0.25) is 5.02 Å². The molecule has 0 atom stereocenters. The molecule has 0 radical (unpaired) electrons. The Hall–Kier alpha value is -1.95. The minimum absolute atomic E-state index is 0.281. The summed E-state index contributed by atoms with van der Waals surface area (Å²) in [5, 5.41) is 0.715. The van der Waals surface area contributed by atoms with E-state index in [1.54, 1.807) is 0 Å². The Morgan fingerprint density at radius 2 is 1.48 bits per heavy atom. The van der Waals surface area contributed by atoms with Crippen LogP contribution in [0.1, 0.15) is 24.5 Å². The van der Waals surface area contributed by atoms with Gasteiger partial charge < -0.3 is 9.47 Å². The summed E-state index contributed by atoms with van der Waals surface area (Å²) >= 11 is 5.84. The molecule has 0 heterocycles. The quantitative estimate of drug-likeness (QED) is 0.460. The molecule has 0 aliphatic rings. The van der Waals surface area contributed by atoms with Crippen LogP contribution < -0.4 is 4.74 Å². The van der Waals surface area contributed by atoms with E-state index in [2.05, 4.69) is 18.8 Å². The molecule has 2 rings (SSSR count). The topological polar surface area (TPSA) is 18.5 Å². The maximum absolute atomic E-state index is 5.84. The van der Waals surface area contributed by atoms with Crippen LogP contribution in [0.5, 0.6) is 5.75 Å². The van der Waals surface area contributed by atoms with Crippen LogP contribution in [0, 0.1) is 11.8 Å². The third-order valence-electron chi connectivity index (χ3n) is 2.71. The SMILES string of the molecule is CCCOCOc1ccc(C#Cc2ccc(Cl)cc2)cc1. The van der Waals surface area contributed by atoms with E-state index in [9.17, 15) is 0 Å². The molecular weight excluding hydrogens is 284 g/mol. The second kappa shape index (κ2) is 8.36. The van der Waals surface area contributed by atoms with E-state index in [0.29, 0.717) is 11.6 Å². The lowest BCUT2D eigenvalue weighted by molar-refractivity contribution is 0.0157. The largest absolute Gasteiger partial charge is 0.468 e. The van der Waals surface area contributed by atoms with Crippen LogP contribution in [0.15, 0.2) is 48.5 Å².